The molecule has 0 unspecified atom stereocenters. The minimum absolute atomic E-state index is 0.129. The fourth-order valence-electron chi connectivity index (χ4n) is 2.18. The first-order chi connectivity index (χ1) is 7.34. The highest BCUT2D eigenvalue weighted by atomic mass is 16.3. The van der Waals surface area contributed by atoms with E-state index >= 15 is 0 Å². The first-order valence-electron chi connectivity index (χ1n) is 5.79. The minimum Gasteiger partial charge on any atom is -0.392 e. The number of hydrogen-bond donors (Lipinski definition) is 1. The number of aliphatic hydroxyl groups is 1. The summed E-state index contributed by atoms with van der Waals surface area (Å²) in [5.41, 5.74) is 1.34. The Morgan fingerprint density at radius 3 is 2.80 bits per heavy atom. The average molecular weight is 205 g/mol. The zero-order valence-electron chi connectivity index (χ0n) is 9.10. The van der Waals surface area contributed by atoms with Crippen molar-refractivity contribution in [2.24, 2.45) is 0 Å². The van der Waals surface area contributed by atoms with Crippen molar-refractivity contribution in [1.82, 2.24) is 4.90 Å². The van der Waals surface area contributed by atoms with E-state index in [1.54, 1.807) is 0 Å². The summed E-state index contributed by atoms with van der Waals surface area (Å²) in [6.07, 6.45) is 3.21. The largest absolute Gasteiger partial charge is 0.392 e. The van der Waals surface area contributed by atoms with E-state index in [-0.39, 0.29) is 6.10 Å². The van der Waals surface area contributed by atoms with Crippen molar-refractivity contribution in [2.45, 2.75) is 31.9 Å². The SMILES string of the molecule is O[C@@H]1CCCCN(Cc2ccccc2)C1. The lowest BCUT2D eigenvalue weighted by atomic mass is 10.2. The standard InChI is InChI=1S/C13H19NO/c15-13-8-4-5-9-14(11-13)10-12-6-2-1-3-7-12/h1-3,6-7,13,15H,4-5,8-11H2/t13-/m1/s1. The normalized spacial score (nSPS) is 23.7. The van der Waals surface area contributed by atoms with E-state index in [1.165, 1.54) is 12.0 Å². The Kier molecular flexibility index (Phi) is 3.75. The van der Waals surface area contributed by atoms with Gasteiger partial charge in [0.25, 0.3) is 0 Å². The maximum Gasteiger partial charge on any atom is 0.0667 e. The maximum absolute atomic E-state index is 9.70. The highest BCUT2D eigenvalue weighted by Crippen LogP contribution is 2.13. The molecule has 0 amide bonds. The Labute approximate surface area is 91.5 Å². The molecule has 1 heterocycles. The molecule has 1 saturated heterocycles. The van der Waals surface area contributed by atoms with Crippen LogP contribution in [-0.2, 0) is 6.54 Å². The third kappa shape index (κ3) is 3.33. The zero-order chi connectivity index (χ0) is 10.5. The molecule has 82 valence electrons. The van der Waals surface area contributed by atoms with Crippen molar-refractivity contribution >= 4 is 0 Å². The van der Waals surface area contributed by atoms with Crippen LogP contribution < -0.4 is 0 Å². The second kappa shape index (κ2) is 5.29. The third-order valence-electron chi connectivity index (χ3n) is 2.98. The summed E-state index contributed by atoms with van der Waals surface area (Å²) in [5.74, 6) is 0. The Morgan fingerprint density at radius 2 is 2.00 bits per heavy atom. The molecule has 0 aromatic heterocycles. The van der Waals surface area contributed by atoms with Gasteiger partial charge in [0.15, 0.2) is 0 Å². The van der Waals surface area contributed by atoms with Gasteiger partial charge in [0.1, 0.15) is 0 Å². The number of likely N-dealkylation sites (tertiary alicyclic amines) is 1. The monoisotopic (exact) mass is 205 g/mol. The van der Waals surface area contributed by atoms with Crippen LogP contribution in [0.3, 0.4) is 0 Å². The predicted molar refractivity (Wildman–Crippen MR) is 61.6 cm³/mol. The molecular weight excluding hydrogens is 186 g/mol. The lowest BCUT2D eigenvalue weighted by molar-refractivity contribution is 0.118. The molecule has 1 N–H and O–H groups in total. The van der Waals surface area contributed by atoms with E-state index in [4.69, 9.17) is 0 Å². The summed E-state index contributed by atoms with van der Waals surface area (Å²) in [4.78, 5) is 2.35. The molecule has 2 rings (SSSR count). The summed E-state index contributed by atoms with van der Waals surface area (Å²) in [6.45, 7) is 2.92. The Hall–Kier alpha value is -0.860. The molecule has 2 nitrogen and oxygen atoms in total. The number of β-amino-alcohol motifs (C(OH)–C–C–N with tert-alkyl or cyclic N) is 1. The van der Waals surface area contributed by atoms with Crippen LogP contribution in [0.2, 0.25) is 0 Å². The smallest absolute Gasteiger partial charge is 0.0667 e. The van der Waals surface area contributed by atoms with Crippen LogP contribution in [0.1, 0.15) is 24.8 Å². The van der Waals surface area contributed by atoms with E-state index in [1.807, 2.05) is 6.07 Å². The Morgan fingerprint density at radius 1 is 1.20 bits per heavy atom. The van der Waals surface area contributed by atoms with Gasteiger partial charge in [0, 0.05) is 13.1 Å². The van der Waals surface area contributed by atoms with Gasteiger partial charge in [-0.3, -0.25) is 4.90 Å². The number of benzene rings is 1. The molecule has 1 aromatic carbocycles. The van der Waals surface area contributed by atoms with E-state index in [2.05, 4.69) is 29.2 Å². The molecule has 1 aliphatic rings. The van der Waals surface area contributed by atoms with Gasteiger partial charge < -0.3 is 5.11 Å². The molecule has 1 aromatic rings. The molecule has 15 heavy (non-hydrogen) atoms. The lowest BCUT2D eigenvalue weighted by Gasteiger charge is -2.21. The van der Waals surface area contributed by atoms with E-state index in [9.17, 15) is 5.11 Å². The number of rotatable bonds is 2. The zero-order valence-corrected chi connectivity index (χ0v) is 9.10. The summed E-state index contributed by atoms with van der Waals surface area (Å²) >= 11 is 0. The quantitative estimate of drug-likeness (QED) is 0.798. The molecule has 0 spiro atoms. The van der Waals surface area contributed by atoms with Crippen molar-refractivity contribution in [2.75, 3.05) is 13.1 Å². The van der Waals surface area contributed by atoms with E-state index in [0.29, 0.717) is 0 Å². The van der Waals surface area contributed by atoms with Gasteiger partial charge in [-0.1, -0.05) is 30.3 Å². The maximum atomic E-state index is 9.70. The van der Waals surface area contributed by atoms with E-state index in [0.717, 1.165) is 32.5 Å². The molecule has 0 aliphatic carbocycles. The van der Waals surface area contributed by atoms with Gasteiger partial charge >= 0.3 is 0 Å². The van der Waals surface area contributed by atoms with Crippen LogP contribution in [0.15, 0.2) is 30.3 Å². The molecule has 1 aliphatic heterocycles. The van der Waals surface area contributed by atoms with Crippen molar-refractivity contribution < 1.29 is 5.11 Å². The first kappa shape index (κ1) is 10.7. The van der Waals surface area contributed by atoms with Gasteiger partial charge in [-0.15, -0.1) is 0 Å². The lowest BCUT2D eigenvalue weighted by Crippen LogP contribution is -2.30. The van der Waals surface area contributed by atoms with Crippen LogP contribution in [0.5, 0.6) is 0 Å². The first-order valence-corrected chi connectivity index (χ1v) is 5.79. The average Bonchev–Trinajstić information content (AvgIpc) is 2.44. The minimum atomic E-state index is -0.129. The summed E-state index contributed by atoms with van der Waals surface area (Å²) in [7, 11) is 0. The van der Waals surface area contributed by atoms with Gasteiger partial charge in [-0.25, -0.2) is 0 Å². The van der Waals surface area contributed by atoms with Crippen LogP contribution in [-0.4, -0.2) is 29.2 Å². The van der Waals surface area contributed by atoms with Crippen LogP contribution in [0, 0.1) is 0 Å². The molecule has 0 radical (unpaired) electrons. The Bertz CT molecular complexity index is 286. The molecule has 0 bridgehead atoms. The van der Waals surface area contributed by atoms with Gasteiger partial charge in [0.05, 0.1) is 6.10 Å². The van der Waals surface area contributed by atoms with Crippen LogP contribution >= 0.6 is 0 Å². The number of hydrogen-bond acceptors (Lipinski definition) is 2. The summed E-state index contributed by atoms with van der Waals surface area (Å²) in [5, 5.41) is 9.70. The summed E-state index contributed by atoms with van der Waals surface area (Å²) in [6, 6.07) is 10.5. The summed E-state index contributed by atoms with van der Waals surface area (Å²) < 4.78 is 0. The van der Waals surface area contributed by atoms with Crippen molar-refractivity contribution in [3.05, 3.63) is 35.9 Å². The Balaban J connectivity index is 1.93. The fourth-order valence-corrected chi connectivity index (χ4v) is 2.18. The third-order valence-corrected chi connectivity index (χ3v) is 2.98. The van der Waals surface area contributed by atoms with Crippen LogP contribution in [0.4, 0.5) is 0 Å². The van der Waals surface area contributed by atoms with E-state index < -0.39 is 0 Å². The highest BCUT2D eigenvalue weighted by Gasteiger charge is 2.15. The number of aliphatic hydroxyl groups excluding tert-OH is 1. The molecule has 1 fully saturated rings. The molecule has 1 atom stereocenters. The van der Waals surface area contributed by atoms with Gasteiger partial charge in [-0.2, -0.15) is 0 Å². The second-order valence-electron chi connectivity index (χ2n) is 4.37. The van der Waals surface area contributed by atoms with Crippen molar-refractivity contribution in [3.8, 4) is 0 Å². The highest BCUT2D eigenvalue weighted by molar-refractivity contribution is 5.14. The molecular formula is C13H19NO. The van der Waals surface area contributed by atoms with Crippen molar-refractivity contribution in [3.63, 3.8) is 0 Å². The van der Waals surface area contributed by atoms with Gasteiger partial charge in [-0.05, 0) is 31.4 Å². The molecule has 0 saturated carbocycles. The molecule has 2 heteroatoms. The topological polar surface area (TPSA) is 23.5 Å². The second-order valence-corrected chi connectivity index (χ2v) is 4.37. The van der Waals surface area contributed by atoms with Crippen molar-refractivity contribution in [1.29, 1.82) is 0 Å². The number of nitrogens with zero attached hydrogens (tertiary/aromatic N) is 1. The fraction of sp³-hybridized carbons (Fsp3) is 0.538. The van der Waals surface area contributed by atoms with Gasteiger partial charge in [0.2, 0.25) is 0 Å². The van der Waals surface area contributed by atoms with Crippen LogP contribution in [0.25, 0.3) is 0 Å². The predicted octanol–water partition coefficient (Wildman–Crippen LogP) is 2.03.